The van der Waals surface area contributed by atoms with E-state index in [2.05, 4.69) is 10.3 Å². The van der Waals surface area contributed by atoms with Crippen molar-refractivity contribution in [3.63, 3.8) is 0 Å². The molecule has 0 saturated heterocycles. The Labute approximate surface area is 100 Å². The van der Waals surface area contributed by atoms with Gasteiger partial charge >= 0.3 is 0 Å². The molecule has 0 radical (unpaired) electrons. The predicted molar refractivity (Wildman–Crippen MR) is 65.3 cm³/mol. The Morgan fingerprint density at radius 3 is 2.71 bits per heavy atom. The van der Waals surface area contributed by atoms with Gasteiger partial charge in [-0.25, -0.2) is 13.4 Å². The maximum absolute atomic E-state index is 11.7. The molecular weight excluding hydrogens is 242 g/mol. The van der Waals surface area contributed by atoms with Crippen molar-refractivity contribution in [1.29, 1.82) is 0 Å². The Kier molecular flexibility index (Phi) is 4.06. The van der Waals surface area contributed by atoms with Crippen molar-refractivity contribution >= 4 is 21.6 Å². The molecule has 0 aliphatic rings. The van der Waals surface area contributed by atoms with Gasteiger partial charge in [0.1, 0.15) is 21.3 Å². The Balaban J connectivity index is 2.67. The summed E-state index contributed by atoms with van der Waals surface area (Å²) in [6.07, 6.45) is 1.12. The van der Waals surface area contributed by atoms with Crippen LogP contribution in [0.5, 0.6) is 0 Å². The van der Waals surface area contributed by atoms with Crippen LogP contribution in [0.1, 0.15) is 17.4 Å². The van der Waals surface area contributed by atoms with Crippen LogP contribution in [-0.2, 0) is 9.84 Å². The number of anilines is 1. The van der Waals surface area contributed by atoms with Crippen molar-refractivity contribution in [3.05, 3.63) is 23.9 Å². The number of carbonyl (C=O) groups excluding carboxylic acids is 1. The molecule has 7 heteroatoms. The van der Waals surface area contributed by atoms with Crippen molar-refractivity contribution in [2.24, 2.45) is 0 Å². The van der Waals surface area contributed by atoms with E-state index in [9.17, 15) is 13.2 Å². The van der Waals surface area contributed by atoms with Crippen molar-refractivity contribution in [1.82, 2.24) is 10.3 Å². The number of nitrogens with zero attached hydrogens (tertiary/aromatic N) is 1. The summed E-state index contributed by atoms with van der Waals surface area (Å²) in [6, 6.07) is 4.22. The molecular formula is C10H15N3O3S. The molecule has 1 unspecified atom stereocenters. The molecule has 3 N–H and O–H groups in total. The summed E-state index contributed by atoms with van der Waals surface area (Å²) in [5.41, 5.74) is 5.61. The molecule has 0 aromatic carbocycles. The Bertz CT molecular complexity index is 513. The molecule has 0 aliphatic heterocycles. The van der Waals surface area contributed by atoms with E-state index in [0.717, 1.165) is 6.26 Å². The molecule has 1 aromatic heterocycles. The summed E-state index contributed by atoms with van der Waals surface area (Å²) >= 11 is 0. The number of nitrogens with two attached hydrogens (primary N) is 1. The maximum Gasteiger partial charge on any atom is 0.270 e. The van der Waals surface area contributed by atoms with Gasteiger partial charge in [0.2, 0.25) is 0 Å². The first-order valence-electron chi connectivity index (χ1n) is 4.99. The lowest BCUT2D eigenvalue weighted by molar-refractivity contribution is 0.0939. The Hall–Kier alpha value is -1.63. The summed E-state index contributed by atoms with van der Waals surface area (Å²) in [5.74, 6) is -0.303. The molecule has 0 saturated carbocycles. The van der Waals surface area contributed by atoms with E-state index < -0.39 is 21.8 Å². The fourth-order valence-corrected chi connectivity index (χ4v) is 2.36. The zero-order valence-electron chi connectivity index (χ0n) is 9.67. The summed E-state index contributed by atoms with van der Waals surface area (Å²) in [6.45, 7) is 1.62. The number of rotatable bonds is 4. The molecule has 0 fully saturated rings. The van der Waals surface area contributed by atoms with E-state index in [-0.39, 0.29) is 17.3 Å². The van der Waals surface area contributed by atoms with Crippen molar-refractivity contribution in [2.45, 2.75) is 13.0 Å². The molecule has 1 atom stereocenters. The molecule has 6 nitrogen and oxygen atoms in total. The van der Waals surface area contributed by atoms with E-state index >= 15 is 0 Å². The van der Waals surface area contributed by atoms with Crippen LogP contribution in [0.3, 0.4) is 0 Å². The van der Waals surface area contributed by atoms with Gasteiger partial charge < -0.3 is 11.1 Å². The van der Waals surface area contributed by atoms with Gasteiger partial charge in [-0.15, -0.1) is 0 Å². The largest absolute Gasteiger partial charge is 0.384 e. The monoisotopic (exact) mass is 257 g/mol. The number of carbonyl (C=O) groups is 1. The van der Waals surface area contributed by atoms with Crippen LogP contribution in [0.4, 0.5) is 5.82 Å². The lowest BCUT2D eigenvalue weighted by Gasteiger charge is -2.12. The predicted octanol–water partition coefficient (Wildman–Crippen LogP) is -0.173. The fourth-order valence-electron chi connectivity index (χ4n) is 1.37. The SMILES string of the molecule is CC(CS(C)(=O)=O)NC(=O)c1cccc(N)n1. The number of sulfone groups is 1. The highest BCUT2D eigenvalue weighted by molar-refractivity contribution is 7.90. The molecule has 94 valence electrons. The van der Waals surface area contributed by atoms with Gasteiger partial charge in [0.05, 0.1) is 5.75 Å². The minimum atomic E-state index is -3.12. The highest BCUT2D eigenvalue weighted by atomic mass is 32.2. The van der Waals surface area contributed by atoms with Crippen LogP contribution in [0, 0.1) is 0 Å². The van der Waals surface area contributed by atoms with E-state index in [0.29, 0.717) is 0 Å². The maximum atomic E-state index is 11.7. The van der Waals surface area contributed by atoms with Gasteiger partial charge in [-0.2, -0.15) is 0 Å². The van der Waals surface area contributed by atoms with Crippen LogP contribution < -0.4 is 11.1 Å². The summed E-state index contributed by atoms with van der Waals surface area (Å²) in [5, 5.41) is 2.54. The first-order valence-corrected chi connectivity index (χ1v) is 7.05. The fraction of sp³-hybridized carbons (Fsp3) is 0.400. The highest BCUT2D eigenvalue weighted by Crippen LogP contribution is 2.01. The van der Waals surface area contributed by atoms with E-state index in [1.165, 1.54) is 6.07 Å². The van der Waals surface area contributed by atoms with Gasteiger partial charge in [-0.1, -0.05) is 6.07 Å². The molecule has 0 bridgehead atoms. The molecule has 0 spiro atoms. The standard InChI is InChI=1S/C10H15N3O3S/c1-7(6-17(2,15)16)12-10(14)8-4-3-5-9(11)13-8/h3-5,7H,6H2,1-2H3,(H2,11,13)(H,12,14). The molecule has 1 amide bonds. The van der Waals surface area contributed by atoms with Gasteiger partial charge in [-0.3, -0.25) is 4.79 Å². The zero-order valence-corrected chi connectivity index (χ0v) is 10.5. The van der Waals surface area contributed by atoms with Gasteiger partial charge in [0, 0.05) is 12.3 Å². The highest BCUT2D eigenvalue weighted by Gasteiger charge is 2.15. The number of nitrogens with one attached hydrogen (secondary N) is 1. The first-order chi connectivity index (χ1) is 7.78. The third kappa shape index (κ3) is 4.81. The van der Waals surface area contributed by atoms with Crippen LogP contribution in [0.25, 0.3) is 0 Å². The van der Waals surface area contributed by atoms with Crippen molar-refractivity contribution in [3.8, 4) is 0 Å². The second-order valence-electron chi connectivity index (χ2n) is 3.91. The summed E-state index contributed by atoms with van der Waals surface area (Å²) in [4.78, 5) is 15.5. The number of hydrogen-bond acceptors (Lipinski definition) is 5. The normalized spacial score (nSPS) is 13.1. The topological polar surface area (TPSA) is 102 Å². The van der Waals surface area contributed by atoms with E-state index in [1.807, 2.05) is 0 Å². The molecule has 1 aromatic rings. The third-order valence-corrected chi connectivity index (χ3v) is 3.04. The number of amides is 1. The number of hydrogen-bond donors (Lipinski definition) is 2. The minimum Gasteiger partial charge on any atom is -0.384 e. The van der Waals surface area contributed by atoms with Crippen molar-refractivity contribution < 1.29 is 13.2 Å². The van der Waals surface area contributed by atoms with Crippen LogP contribution in [0.2, 0.25) is 0 Å². The number of aromatic nitrogens is 1. The number of pyridine rings is 1. The van der Waals surface area contributed by atoms with Crippen LogP contribution in [0.15, 0.2) is 18.2 Å². The molecule has 0 aliphatic carbocycles. The Morgan fingerprint density at radius 1 is 1.53 bits per heavy atom. The summed E-state index contributed by atoms with van der Waals surface area (Å²) < 4.78 is 22.1. The van der Waals surface area contributed by atoms with Crippen molar-refractivity contribution in [2.75, 3.05) is 17.7 Å². The van der Waals surface area contributed by atoms with Crippen LogP contribution >= 0.6 is 0 Å². The van der Waals surface area contributed by atoms with E-state index in [1.54, 1.807) is 19.1 Å². The second-order valence-corrected chi connectivity index (χ2v) is 6.10. The third-order valence-electron chi connectivity index (χ3n) is 1.93. The van der Waals surface area contributed by atoms with Gasteiger partial charge in [0.25, 0.3) is 5.91 Å². The number of nitrogen functional groups attached to an aromatic ring is 1. The molecule has 17 heavy (non-hydrogen) atoms. The first kappa shape index (κ1) is 13.4. The van der Waals surface area contributed by atoms with Gasteiger partial charge in [0.15, 0.2) is 0 Å². The summed E-state index contributed by atoms with van der Waals surface area (Å²) in [7, 11) is -3.12. The average Bonchev–Trinajstić information content (AvgIpc) is 2.14. The van der Waals surface area contributed by atoms with E-state index in [4.69, 9.17) is 5.73 Å². The average molecular weight is 257 g/mol. The molecule has 1 rings (SSSR count). The lowest BCUT2D eigenvalue weighted by atomic mass is 10.3. The molecule has 1 heterocycles. The second kappa shape index (κ2) is 5.13. The smallest absolute Gasteiger partial charge is 0.270 e. The zero-order chi connectivity index (χ0) is 13.1. The quantitative estimate of drug-likeness (QED) is 0.779. The lowest BCUT2D eigenvalue weighted by Crippen LogP contribution is -2.37. The van der Waals surface area contributed by atoms with Gasteiger partial charge in [-0.05, 0) is 19.1 Å². The Morgan fingerprint density at radius 2 is 2.18 bits per heavy atom. The minimum absolute atomic E-state index is 0.110. The van der Waals surface area contributed by atoms with Crippen LogP contribution in [-0.4, -0.2) is 37.4 Å².